The number of hydrogen-bond donors (Lipinski definition) is 1. The molecule has 0 amide bonds. The molecular formula is C39H82ClN. The van der Waals surface area contributed by atoms with Gasteiger partial charge < -0.3 is 5.73 Å². The second-order valence-electron chi connectivity index (χ2n) is 13.7. The van der Waals surface area contributed by atoms with Gasteiger partial charge in [-0.15, -0.1) is 12.4 Å². The van der Waals surface area contributed by atoms with E-state index in [4.69, 9.17) is 5.73 Å². The molecule has 1 atom stereocenters. The van der Waals surface area contributed by atoms with Gasteiger partial charge in [0.25, 0.3) is 0 Å². The quantitative estimate of drug-likeness (QED) is 0.0720. The molecular weight excluding hydrogens is 518 g/mol. The second kappa shape index (κ2) is 38.3. The first kappa shape index (κ1) is 43.4. The Hall–Kier alpha value is 0.250. The predicted molar refractivity (Wildman–Crippen MR) is 193 cm³/mol. The van der Waals surface area contributed by atoms with Crippen molar-refractivity contribution in [2.24, 2.45) is 17.6 Å². The van der Waals surface area contributed by atoms with E-state index in [0.29, 0.717) is 0 Å². The monoisotopic (exact) mass is 600 g/mol. The fourth-order valence-electron chi connectivity index (χ4n) is 6.84. The highest BCUT2D eigenvalue weighted by molar-refractivity contribution is 5.85. The topological polar surface area (TPSA) is 26.0 Å². The van der Waals surface area contributed by atoms with E-state index < -0.39 is 0 Å². The van der Waals surface area contributed by atoms with Gasteiger partial charge in [-0.2, -0.15) is 0 Å². The summed E-state index contributed by atoms with van der Waals surface area (Å²) >= 11 is 0. The molecule has 1 unspecified atom stereocenters. The lowest BCUT2D eigenvalue weighted by Crippen LogP contribution is -2.24. The SMILES string of the molecule is CCCCCCCCCCCCC(CN)C(CCCCCCCCCCCC)CCCCCCCCCCCC.Cl. The lowest BCUT2D eigenvalue weighted by Gasteiger charge is -2.26. The molecule has 0 saturated carbocycles. The first-order valence-electron chi connectivity index (χ1n) is 19.5. The van der Waals surface area contributed by atoms with E-state index in [2.05, 4.69) is 20.8 Å². The van der Waals surface area contributed by atoms with E-state index in [0.717, 1.165) is 18.4 Å². The molecule has 0 heterocycles. The van der Waals surface area contributed by atoms with E-state index in [1.807, 2.05) is 0 Å². The average Bonchev–Trinajstić information content (AvgIpc) is 2.97. The first-order valence-corrected chi connectivity index (χ1v) is 19.5. The van der Waals surface area contributed by atoms with Crippen molar-refractivity contribution in [3.8, 4) is 0 Å². The van der Waals surface area contributed by atoms with Gasteiger partial charge in [0.05, 0.1) is 0 Å². The summed E-state index contributed by atoms with van der Waals surface area (Å²) in [6, 6.07) is 0. The maximum Gasteiger partial charge on any atom is -0.00462 e. The molecule has 0 aliphatic heterocycles. The van der Waals surface area contributed by atoms with Crippen LogP contribution in [0.25, 0.3) is 0 Å². The molecule has 0 aliphatic rings. The normalized spacial score (nSPS) is 12.2. The summed E-state index contributed by atoms with van der Waals surface area (Å²) in [5.74, 6) is 1.68. The third-order valence-corrected chi connectivity index (χ3v) is 9.75. The fraction of sp³-hybridized carbons (Fsp3) is 1.00. The maximum atomic E-state index is 6.43. The summed E-state index contributed by atoms with van der Waals surface area (Å²) in [6.45, 7) is 7.87. The van der Waals surface area contributed by atoms with E-state index >= 15 is 0 Å². The van der Waals surface area contributed by atoms with Gasteiger partial charge in [0.2, 0.25) is 0 Å². The summed E-state index contributed by atoms with van der Waals surface area (Å²) < 4.78 is 0. The van der Waals surface area contributed by atoms with Gasteiger partial charge in [-0.3, -0.25) is 0 Å². The van der Waals surface area contributed by atoms with E-state index in [9.17, 15) is 0 Å². The van der Waals surface area contributed by atoms with Crippen molar-refractivity contribution in [3.05, 3.63) is 0 Å². The Kier molecular flexibility index (Phi) is 40.5. The zero-order chi connectivity index (χ0) is 29.2. The molecule has 0 radical (unpaired) electrons. The second-order valence-corrected chi connectivity index (χ2v) is 13.7. The van der Waals surface area contributed by atoms with Crippen LogP contribution in [0.4, 0.5) is 0 Å². The molecule has 1 nitrogen and oxygen atoms in total. The molecule has 0 aromatic heterocycles. The molecule has 0 rings (SSSR count). The van der Waals surface area contributed by atoms with Crippen molar-refractivity contribution < 1.29 is 0 Å². The van der Waals surface area contributed by atoms with Crippen LogP contribution in [0.1, 0.15) is 233 Å². The zero-order valence-electron chi connectivity index (χ0n) is 29.2. The highest BCUT2D eigenvalue weighted by atomic mass is 35.5. The van der Waals surface area contributed by atoms with Crippen LogP contribution in [0.3, 0.4) is 0 Å². The molecule has 0 saturated heterocycles. The van der Waals surface area contributed by atoms with E-state index in [1.54, 1.807) is 0 Å². The third-order valence-electron chi connectivity index (χ3n) is 9.75. The molecule has 250 valence electrons. The van der Waals surface area contributed by atoms with Gasteiger partial charge in [0.15, 0.2) is 0 Å². The predicted octanol–water partition coefficient (Wildman–Crippen LogP) is 14.5. The molecule has 2 N–H and O–H groups in total. The summed E-state index contributed by atoms with van der Waals surface area (Å²) in [7, 11) is 0. The van der Waals surface area contributed by atoms with Gasteiger partial charge >= 0.3 is 0 Å². The summed E-state index contributed by atoms with van der Waals surface area (Å²) in [4.78, 5) is 0. The minimum atomic E-state index is 0. The van der Waals surface area contributed by atoms with Crippen molar-refractivity contribution in [3.63, 3.8) is 0 Å². The van der Waals surface area contributed by atoms with Crippen LogP contribution in [0.2, 0.25) is 0 Å². The molecule has 0 aliphatic carbocycles. The van der Waals surface area contributed by atoms with Gasteiger partial charge in [0.1, 0.15) is 0 Å². The Morgan fingerprint density at radius 1 is 0.293 bits per heavy atom. The molecule has 41 heavy (non-hydrogen) atoms. The highest BCUT2D eigenvalue weighted by Gasteiger charge is 2.19. The van der Waals surface area contributed by atoms with Crippen LogP contribution < -0.4 is 5.73 Å². The van der Waals surface area contributed by atoms with Gasteiger partial charge in [-0.05, 0) is 24.8 Å². The molecule has 0 bridgehead atoms. The molecule has 0 aromatic carbocycles. The van der Waals surface area contributed by atoms with Crippen molar-refractivity contribution >= 4 is 12.4 Å². The fourth-order valence-corrected chi connectivity index (χ4v) is 6.84. The lowest BCUT2D eigenvalue weighted by atomic mass is 9.80. The van der Waals surface area contributed by atoms with E-state index in [-0.39, 0.29) is 12.4 Å². The van der Waals surface area contributed by atoms with Crippen LogP contribution in [-0.4, -0.2) is 6.54 Å². The van der Waals surface area contributed by atoms with E-state index in [1.165, 1.54) is 212 Å². The summed E-state index contributed by atoms with van der Waals surface area (Å²) in [5.41, 5.74) is 6.43. The lowest BCUT2D eigenvalue weighted by molar-refractivity contribution is 0.261. The Balaban J connectivity index is 0. The molecule has 0 aromatic rings. The Bertz CT molecular complexity index is 415. The maximum absolute atomic E-state index is 6.43. The minimum Gasteiger partial charge on any atom is -0.330 e. The molecule has 2 heteroatoms. The third kappa shape index (κ3) is 33.0. The first-order chi connectivity index (χ1) is 19.8. The number of nitrogens with two attached hydrogens (primary N) is 1. The van der Waals surface area contributed by atoms with Crippen LogP contribution in [0.15, 0.2) is 0 Å². The van der Waals surface area contributed by atoms with Gasteiger partial charge in [-0.25, -0.2) is 0 Å². The highest BCUT2D eigenvalue weighted by Crippen LogP contribution is 2.29. The van der Waals surface area contributed by atoms with Crippen molar-refractivity contribution in [1.29, 1.82) is 0 Å². The average molecular weight is 601 g/mol. The Labute approximate surface area is 268 Å². The van der Waals surface area contributed by atoms with Crippen molar-refractivity contribution in [1.82, 2.24) is 0 Å². The smallest absolute Gasteiger partial charge is 0.00462 e. The number of halogens is 1. The van der Waals surface area contributed by atoms with Crippen molar-refractivity contribution in [2.75, 3.05) is 6.54 Å². The number of rotatable bonds is 35. The number of unbranched alkanes of at least 4 members (excludes halogenated alkanes) is 27. The summed E-state index contributed by atoms with van der Waals surface area (Å²) in [5, 5.41) is 0. The van der Waals surface area contributed by atoms with Crippen LogP contribution in [0, 0.1) is 11.8 Å². The summed E-state index contributed by atoms with van der Waals surface area (Å²) in [6.07, 6.45) is 47.7. The standard InChI is InChI=1S/C39H81N.ClH/c1-4-7-10-13-16-19-22-25-28-31-34-38(35-32-29-26-23-20-17-14-11-8-5-2)39(37-40)36-33-30-27-24-21-18-15-12-9-6-3;/h38-39H,4-37,40H2,1-3H3;1H. The Morgan fingerprint density at radius 3 is 0.707 bits per heavy atom. The Morgan fingerprint density at radius 2 is 0.488 bits per heavy atom. The van der Waals surface area contributed by atoms with Gasteiger partial charge in [-0.1, -0.05) is 226 Å². The molecule has 0 spiro atoms. The van der Waals surface area contributed by atoms with Gasteiger partial charge in [0, 0.05) is 0 Å². The van der Waals surface area contributed by atoms with Crippen molar-refractivity contribution in [2.45, 2.75) is 233 Å². The largest absolute Gasteiger partial charge is 0.330 e. The van der Waals surface area contributed by atoms with Crippen LogP contribution in [0.5, 0.6) is 0 Å². The zero-order valence-corrected chi connectivity index (χ0v) is 30.0. The minimum absolute atomic E-state index is 0. The van der Waals surface area contributed by atoms with Crippen LogP contribution >= 0.6 is 12.4 Å². The number of hydrogen-bond acceptors (Lipinski definition) is 1. The molecule has 0 fully saturated rings. The van der Waals surface area contributed by atoms with Crippen LogP contribution in [-0.2, 0) is 0 Å².